The molecular weight excluding hydrogens is 427 g/mol. The van der Waals surface area contributed by atoms with E-state index < -0.39 is 17.4 Å². The average molecular weight is 461 g/mol. The molecule has 1 N–H and O–H groups in total. The molecule has 34 heavy (non-hydrogen) atoms. The van der Waals surface area contributed by atoms with Gasteiger partial charge in [-0.25, -0.2) is 4.39 Å². The number of carbonyl (C=O) groups excluding carboxylic acids is 2. The van der Waals surface area contributed by atoms with Crippen LogP contribution in [0.3, 0.4) is 0 Å². The Kier molecular flexibility index (Phi) is 8.21. The largest absolute Gasteiger partial charge is 0.350 e. The highest BCUT2D eigenvalue weighted by atomic mass is 19.1. The predicted octanol–water partition coefficient (Wildman–Crippen LogP) is 5.68. The van der Waals surface area contributed by atoms with Gasteiger partial charge >= 0.3 is 0 Å². The first-order valence-corrected chi connectivity index (χ1v) is 11.6. The lowest BCUT2D eigenvalue weighted by atomic mass is 9.88. The third kappa shape index (κ3) is 6.77. The van der Waals surface area contributed by atoms with Gasteiger partial charge in [-0.3, -0.25) is 9.59 Å². The van der Waals surface area contributed by atoms with Crippen molar-refractivity contribution in [1.29, 1.82) is 0 Å². The molecule has 178 valence electrons. The summed E-state index contributed by atoms with van der Waals surface area (Å²) in [6.07, 6.45) is 0.162. The van der Waals surface area contributed by atoms with Crippen molar-refractivity contribution in [3.8, 4) is 0 Å². The Morgan fingerprint density at radius 3 is 1.85 bits per heavy atom. The van der Waals surface area contributed by atoms with Crippen molar-refractivity contribution in [2.45, 2.75) is 58.2 Å². The van der Waals surface area contributed by atoms with E-state index in [0.29, 0.717) is 5.56 Å². The Bertz CT molecular complexity index is 1050. The van der Waals surface area contributed by atoms with Gasteiger partial charge in [0.15, 0.2) is 0 Å². The maximum Gasteiger partial charge on any atom is 0.242 e. The predicted molar refractivity (Wildman–Crippen MR) is 134 cm³/mol. The lowest BCUT2D eigenvalue weighted by molar-refractivity contribution is -0.141. The van der Waals surface area contributed by atoms with Gasteiger partial charge in [0.2, 0.25) is 11.8 Å². The van der Waals surface area contributed by atoms with Gasteiger partial charge in [0.25, 0.3) is 0 Å². The second-order valence-electron chi connectivity index (χ2n) is 9.61. The molecule has 0 heterocycles. The molecule has 0 aliphatic rings. The summed E-state index contributed by atoms with van der Waals surface area (Å²) in [5.41, 5.74) is 1.95. The van der Waals surface area contributed by atoms with Gasteiger partial charge < -0.3 is 10.2 Å². The Labute approximate surface area is 201 Å². The van der Waals surface area contributed by atoms with Crippen molar-refractivity contribution in [3.05, 3.63) is 107 Å². The normalized spacial score (nSPS) is 12.3. The SMILES string of the molecule is CC(C(=O)NC(C)(C)C)N(Cc1ccccc1F)C(=O)CC(c1ccccc1)c1ccccc1. The second kappa shape index (κ2) is 11.1. The molecule has 2 amide bonds. The van der Waals surface area contributed by atoms with Crippen LogP contribution >= 0.6 is 0 Å². The summed E-state index contributed by atoms with van der Waals surface area (Å²) >= 11 is 0. The first kappa shape index (κ1) is 25.2. The van der Waals surface area contributed by atoms with Crippen LogP contribution in [0.5, 0.6) is 0 Å². The summed E-state index contributed by atoms with van der Waals surface area (Å²) in [6, 6.07) is 25.3. The number of nitrogens with zero attached hydrogens (tertiary/aromatic N) is 1. The second-order valence-corrected chi connectivity index (χ2v) is 9.61. The summed E-state index contributed by atoms with van der Waals surface area (Å²) in [5, 5.41) is 2.94. The monoisotopic (exact) mass is 460 g/mol. The smallest absolute Gasteiger partial charge is 0.242 e. The molecule has 4 nitrogen and oxygen atoms in total. The molecular formula is C29H33FN2O2. The fraction of sp³-hybridized carbons (Fsp3) is 0.310. The highest BCUT2D eigenvalue weighted by Crippen LogP contribution is 2.29. The van der Waals surface area contributed by atoms with Gasteiger partial charge in [0.05, 0.1) is 0 Å². The highest BCUT2D eigenvalue weighted by molar-refractivity contribution is 5.88. The fourth-order valence-corrected chi connectivity index (χ4v) is 3.96. The van der Waals surface area contributed by atoms with Crippen LogP contribution in [0.1, 0.15) is 56.7 Å². The molecule has 0 spiro atoms. The van der Waals surface area contributed by atoms with Gasteiger partial charge in [0, 0.05) is 30.0 Å². The number of halogens is 1. The van der Waals surface area contributed by atoms with Crippen LogP contribution in [0.2, 0.25) is 0 Å². The number of hydrogen-bond donors (Lipinski definition) is 1. The van der Waals surface area contributed by atoms with E-state index >= 15 is 0 Å². The van der Waals surface area contributed by atoms with Crippen LogP contribution in [0.25, 0.3) is 0 Å². The third-order valence-electron chi connectivity index (χ3n) is 5.75. The van der Waals surface area contributed by atoms with Crippen molar-refractivity contribution < 1.29 is 14.0 Å². The minimum atomic E-state index is -0.765. The maximum absolute atomic E-state index is 14.5. The van der Waals surface area contributed by atoms with Crippen molar-refractivity contribution in [3.63, 3.8) is 0 Å². The van der Waals surface area contributed by atoms with Crippen LogP contribution < -0.4 is 5.32 Å². The summed E-state index contributed by atoms with van der Waals surface area (Å²) < 4.78 is 14.5. The van der Waals surface area contributed by atoms with Crippen LogP contribution in [-0.4, -0.2) is 28.3 Å². The van der Waals surface area contributed by atoms with Crippen molar-refractivity contribution in [2.24, 2.45) is 0 Å². The standard InChI is InChI=1S/C29H33FN2O2/c1-21(28(34)31-29(2,3)4)32(20-24-17-11-12-18-26(24)30)27(33)19-25(22-13-7-5-8-14-22)23-15-9-6-10-16-23/h5-18,21,25H,19-20H2,1-4H3,(H,31,34). The molecule has 3 rings (SSSR count). The molecule has 5 heteroatoms. The summed E-state index contributed by atoms with van der Waals surface area (Å²) in [4.78, 5) is 28.2. The number of hydrogen-bond acceptors (Lipinski definition) is 2. The molecule has 0 saturated heterocycles. The molecule has 0 radical (unpaired) electrons. The van der Waals surface area contributed by atoms with Gasteiger partial charge in [0.1, 0.15) is 11.9 Å². The molecule has 0 bridgehead atoms. The molecule has 3 aromatic rings. The zero-order valence-corrected chi connectivity index (χ0v) is 20.3. The number of benzene rings is 3. The van der Waals surface area contributed by atoms with E-state index in [1.54, 1.807) is 25.1 Å². The lowest BCUT2D eigenvalue weighted by Crippen LogP contribution is -2.52. The van der Waals surface area contributed by atoms with Crippen molar-refractivity contribution in [2.75, 3.05) is 0 Å². The summed E-state index contributed by atoms with van der Waals surface area (Å²) in [6.45, 7) is 7.38. The molecule has 0 aromatic heterocycles. The molecule has 1 unspecified atom stereocenters. The van der Waals surface area contributed by atoms with E-state index in [4.69, 9.17) is 0 Å². The van der Waals surface area contributed by atoms with Crippen molar-refractivity contribution in [1.82, 2.24) is 10.2 Å². The van der Waals surface area contributed by atoms with Crippen LogP contribution in [-0.2, 0) is 16.1 Å². The van der Waals surface area contributed by atoms with Gasteiger partial charge in [-0.05, 0) is 44.9 Å². The molecule has 0 aliphatic carbocycles. The number of amides is 2. The minimum Gasteiger partial charge on any atom is -0.350 e. The van der Waals surface area contributed by atoms with E-state index in [1.165, 1.54) is 11.0 Å². The lowest BCUT2D eigenvalue weighted by Gasteiger charge is -2.32. The average Bonchev–Trinajstić information content (AvgIpc) is 2.81. The van der Waals surface area contributed by atoms with Crippen molar-refractivity contribution >= 4 is 11.8 Å². The van der Waals surface area contributed by atoms with E-state index in [0.717, 1.165) is 11.1 Å². The fourth-order valence-electron chi connectivity index (χ4n) is 3.96. The van der Waals surface area contributed by atoms with E-state index in [1.807, 2.05) is 81.4 Å². The number of carbonyl (C=O) groups is 2. The van der Waals surface area contributed by atoms with Gasteiger partial charge in [-0.15, -0.1) is 0 Å². The topological polar surface area (TPSA) is 49.4 Å². The van der Waals surface area contributed by atoms with Crippen LogP contribution in [0, 0.1) is 5.82 Å². The minimum absolute atomic E-state index is 0.0144. The molecule has 0 aliphatic heterocycles. The number of rotatable bonds is 8. The highest BCUT2D eigenvalue weighted by Gasteiger charge is 2.31. The summed E-state index contributed by atoms with van der Waals surface area (Å²) in [5.74, 6) is -1.06. The van der Waals surface area contributed by atoms with Crippen LogP contribution in [0.15, 0.2) is 84.9 Å². The van der Waals surface area contributed by atoms with Crippen LogP contribution in [0.4, 0.5) is 4.39 Å². The maximum atomic E-state index is 14.5. The zero-order chi connectivity index (χ0) is 24.7. The quantitative estimate of drug-likeness (QED) is 0.470. The molecule has 3 aromatic carbocycles. The first-order valence-electron chi connectivity index (χ1n) is 11.6. The van der Waals surface area contributed by atoms with E-state index in [9.17, 15) is 14.0 Å². The Morgan fingerprint density at radius 2 is 1.35 bits per heavy atom. The Hall–Kier alpha value is -3.47. The Morgan fingerprint density at radius 1 is 0.853 bits per heavy atom. The first-order chi connectivity index (χ1) is 16.2. The molecule has 0 fully saturated rings. The van der Waals surface area contributed by atoms with E-state index in [-0.39, 0.29) is 30.7 Å². The van der Waals surface area contributed by atoms with Gasteiger partial charge in [-0.2, -0.15) is 0 Å². The Balaban J connectivity index is 1.94. The molecule has 0 saturated carbocycles. The van der Waals surface area contributed by atoms with E-state index in [2.05, 4.69) is 5.32 Å². The van der Waals surface area contributed by atoms with Gasteiger partial charge in [-0.1, -0.05) is 78.9 Å². The zero-order valence-electron chi connectivity index (χ0n) is 20.3. The third-order valence-corrected chi connectivity index (χ3v) is 5.75. The summed E-state index contributed by atoms with van der Waals surface area (Å²) in [7, 11) is 0. The molecule has 1 atom stereocenters. The number of nitrogens with one attached hydrogen (secondary N) is 1.